The third kappa shape index (κ3) is 4.01. The predicted molar refractivity (Wildman–Crippen MR) is 65.5 cm³/mol. The number of likely N-dealkylation sites (N-methyl/N-ethyl adjacent to an activating group) is 1. The fourth-order valence-corrected chi connectivity index (χ4v) is 2.27. The Bertz CT molecular complexity index is 182. The summed E-state index contributed by atoms with van der Waals surface area (Å²) in [7, 11) is 1.75. The largest absolute Gasteiger partial charge is 0.383 e. The first-order valence-electron chi connectivity index (χ1n) is 6.25. The van der Waals surface area contributed by atoms with Gasteiger partial charge in [0.1, 0.15) is 0 Å². The topological polar surface area (TPSA) is 47.7 Å². The molecule has 1 fully saturated rings. The molecule has 0 unspecified atom stereocenters. The van der Waals surface area contributed by atoms with Gasteiger partial charge in [-0.15, -0.1) is 0 Å². The van der Waals surface area contributed by atoms with Crippen LogP contribution in [0.3, 0.4) is 0 Å². The Labute approximate surface area is 99.1 Å². The first kappa shape index (κ1) is 13.9. The summed E-state index contributed by atoms with van der Waals surface area (Å²) in [6.07, 6.45) is 2.18. The summed E-state index contributed by atoms with van der Waals surface area (Å²) in [5.41, 5.74) is 6.22. The minimum absolute atomic E-state index is 0.266. The normalized spacial score (nSPS) is 20.2. The van der Waals surface area contributed by atoms with Crippen molar-refractivity contribution >= 4 is 0 Å². The van der Waals surface area contributed by atoms with E-state index in [0.29, 0.717) is 0 Å². The van der Waals surface area contributed by atoms with E-state index in [1.54, 1.807) is 7.11 Å². The fraction of sp³-hybridized carbons (Fsp3) is 1.00. The number of rotatable bonds is 7. The molecule has 2 N–H and O–H groups in total. The number of methoxy groups -OCH3 is 1. The first-order valence-corrected chi connectivity index (χ1v) is 6.25. The number of nitrogens with zero attached hydrogens (tertiary/aromatic N) is 1. The van der Waals surface area contributed by atoms with E-state index in [-0.39, 0.29) is 5.41 Å². The van der Waals surface area contributed by atoms with Crippen LogP contribution in [-0.4, -0.2) is 58.0 Å². The average molecular weight is 230 g/mol. The van der Waals surface area contributed by atoms with Gasteiger partial charge >= 0.3 is 0 Å². The van der Waals surface area contributed by atoms with Crippen LogP contribution < -0.4 is 5.73 Å². The highest BCUT2D eigenvalue weighted by Crippen LogP contribution is 2.30. The van der Waals surface area contributed by atoms with Gasteiger partial charge in [0.2, 0.25) is 0 Å². The molecule has 0 saturated carbocycles. The Morgan fingerprint density at radius 3 is 2.56 bits per heavy atom. The zero-order chi connectivity index (χ0) is 11.9. The fourth-order valence-electron chi connectivity index (χ4n) is 2.27. The Morgan fingerprint density at radius 1 is 1.38 bits per heavy atom. The molecule has 1 heterocycles. The van der Waals surface area contributed by atoms with E-state index in [2.05, 4.69) is 11.8 Å². The van der Waals surface area contributed by atoms with E-state index in [0.717, 1.165) is 58.8 Å². The van der Waals surface area contributed by atoms with Crippen molar-refractivity contribution in [3.63, 3.8) is 0 Å². The minimum Gasteiger partial charge on any atom is -0.383 e. The molecule has 0 bridgehead atoms. The molecule has 0 aromatic carbocycles. The van der Waals surface area contributed by atoms with Gasteiger partial charge in [0.15, 0.2) is 0 Å². The van der Waals surface area contributed by atoms with Crippen LogP contribution in [0.2, 0.25) is 0 Å². The summed E-state index contributed by atoms with van der Waals surface area (Å²) >= 11 is 0. The summed E-state index contributed by atoms with van der Waals surface area (Å²) in [5.74, 6) is 0. The zero-order valence-corrected chi connectivity index (χ0v) is 10.7. The van der Waals surface area contributed by atoms with Crippen molar-refractivity contribution in [3.8, 4) is 0 Å². The second kappa shape index (κ2) is 7.22. The highest BCUT2D eigenvalue weighted by molar-refractivity contribution is 4.85. The smallest absolute Gasteiger partial charge is 0.0589 e. The molecule has 1 aliphatic heterocycles. The van der Waals surface area contributed by atoms with Gasteiger partial charge in [0.25, 0.3) is 0 Å². The molecule has 0 spiro atoms. The highest BCUT2D eigenvalue weighted by atomic mass is 16.5. The van der Waals surface area contributed by atoms with E-state index >= 15 is 0 Å². The van der Waals surface area contributed by atoms with E-state index in [1.165, 1.54) is 0 Å². The molecule has 0 aromatic heterocycles. The van der Waals surface area contributed by atoms with Gasteiger partial charge in [-0.3, -0.25) is 0 Å². The van der Waals surface area contributed by atoms with Crippen molar-refractivity contribution in [2.24, 2.45) is 11.1 Å². The second-order valence-corrected chi connectivity index (χ2v) is 4.68. The van der Waals surface area contributed by atoms with Crippen molar-refractivity contribution < 1.29 is 9.47 Å². The molecule has 1 rings (SSSR count). The maximum atomic E-state index is 5.96. The highest BCUT2D eigenvalue weighted by Gasteiger charge is 2.32. The zero-order valence-electron chi connectivity index (χ0n) is 10.7. The summed E-state index contributed by atoms with van der Waals surface area (Å²) in [4.78, 5) is 2.43. The van der Waals surface area contributed by atoms with Crippen molar-refractivity contribution in [1.82, 2.24) is 4.90 Å². The first-order chi connectivity index (χ1) is 7.76. The van der Waals surface area contributed by atoms with Crippen molar-refractivity contribution in [2.45, 2.75) is 19.8 Å². The van der Waals surface area contributed by atoms with Crippen molar-refractivity contribution in [3.05, 3.63) is 0 Å². The van der Waals surface area contributed by atoms with Crippen LogP contribution in [0.15, 0.2) is 0 Å². The number of hydrogen-bond acceptors (Lipinski definition) is 4. The monoisotopic (exact) mass is 230 g/mol. The summed E-state index contributed by atoms with van der Waals surface area (Å²) in [6.45, 7) is 8.61. The lowest BCUT2D eigenvalue weighted by Gasteiger charge is -2.40. The van der Waals surface area contributed by atoms with Gasteiger partial charge in [-0.05, 0) is 31.3 Å². The lowest BCUT2D eigenvalue weighted by atomic mass is 9.79. The van der Waals surface area contributed by atoms with Crippen molar-refractivity contribution in [1.29, 1.82) is 0 Å². The molecule has 16 heavy (non-hydrogen) atoms. The predicted octanol–water partition coefficient (Wildman–Crippen LogP) is 0.710. The summed E-state index contributed by atoms with van der Waals surface area (Å²) in [6, 6.07) is 0. The minimum atomic E-state index is 0.266. The SMILES string of the molecule is CCN(CCOC)CC1(CN)CCOCC1. The molecular weight excluding hydrogens is 204 g/mol. The Morgan fingerprint density at radius 2 is 2.06 bits per heavy atom. The molecule has 4 nitrogen and oxygen atoms in total. The quantitative estimate of drug-likeness (QED) is 0.700. The molecule has 0 aliphatic carbocycles. The van der Waals surface area contributed by atoms with Gasteiger partial charge in [-0.25, -0.2) is 0 Å². The Balaban J connectivity index is 2.45. The van der Waals surface area contributed by atoms with E-state index in [4.69, 9.17) is 15.2 Å². The van der Waals surface area contributed by atoms with Crippen LogP contribution >= 0.6 is 0 Å². The molecule has 0 radical (unpaired) electrons. The van der Waals surface area contributed by atoms with Gasteiger partial charge in [0, 0.05) is 33.4 Å². The molecule has 1 aliphatic rings. The average Bonchev–Trinajstić information content (AvgIpc) is 2.35. The standard InChI is InChI=1S/C12H26N2O2/c1-3-14(6-9-15-2)11-12(10-13)4-7-16-8-5-12/h3-11,13H2,1-2H3. The van der Waals surface area contributed by atoms with E-state index < -0.39 is 0 Å². The summed E-state index contributed by atoms with van der Waals surface area (Å²) in [5, 5.41) is 0. The van der Waals surface area contributed by atoms with E-state index in [9.17, 15) is 0 Å². The lowest BCUT2D eigenvalue weighted by molar-refractivity contribution is -0.00258. The van der Waals surface area contributed by atoms with E-state index in [1.807, 2.05) is 0 Å². The molecule has 1 saturated heterocycles. The molecule has 96 valence electrons. The van der Waals surface area contributed by atoms with Crippen LogP contribution in [0.1, 0.15) is 19.8 Å². The number of ether oxygens (including phenoxy) is 2. The third-order valence-electron chi connectivity index (χ3n) is 3.60. The van der Waals surface area contributed by atoms with Gasteiger partial charge < -0.3 is 20.1 Å². The van der Waals surface area contributed by atoms with Gasteiger partial charge in [-0.1, -0.05) is 6.92 Å². The second-order valence-electron chi connectivity index (χ2n) is 4.68. The van der Waals surface area contributed by atoms with Crippen LogP contribution in [-0.2, 0) is 9.47 Å². The molecular formula is C12H26N2O2. The maximum Gasteiger partial charge on any atom is 0.0589 e. The Kier molecular flexibility index (Phi) is 6.28. The number of hydrogen-bond donors (Lipinski definition) is 1. The van der Waals surface area contributed by atoms with Crippen LogP contribution in [0.4, 0.5) is 0 Å². The molecule has 0 amide bonds. The van der Waals surface area contributed by atoms with Gasteiger partial charge in [-0.2, -0.15) is 0 Å². The lowest BCUT2D eigenvalue weighted by Crippen LogP contribution is -2.46. The van der Waals surface area contributed by atoms with Crippen molar-refractivity contribution in [2.75, 3.05) is 53.1 Å². The van der Waals surface area contributed by atoms with Crippen LogP contribution in [0.25, 0.3) is 0 Å². The Hall–Kier alpha value is -0.160. The number of nitrogens with two attached hydrogens (primary N) is 1. The molecule has 0 atom stereocenters. The van der Waals surface area contributed by atoms with Gasteiger partial charge in [0.05, 0.1) is 6.61 Å². The third-order valence-corrected chi connectivity index (χ3v) is 3.60. The molecule has 0 aromatic rings. The molecule has 4 heteroatoms. The summed E-state index contributed by atoms with van der Waals surface area (Å²) < 4.78 is 10.6. The maximum absolute atomic E-state index is 5.96. The van der Waals surface area contributed by atoms with Crippen LogP contribution in [0.5, 0.6) is 0 Å². The van der Waals surface area contributed by atoms with Crippen LogP contribution in [0, 0.1) is 5.41 Å².